The minimum Gasteiger partial charge on any atom is -0.496 e. The number of hydrogen-bond donors (Lipinski definition) is 1. The van der Waals surface area contributed by atoms with E-state index in [1.165, 1.54) is 7.11 Å². The van der Waals surface area contributed by atoms with Gasteiger partial charge in [-0.2, -0.15) is 0 Å². The molecule has 0 aliphatic rings. The first kappa shape index (κ1) is 26.9. The van der Waals surface area contributed by atoms with Gasteiger partial charge in [0, 0.05) is 12.0 Å². The highest BCUT2D eigenvalue weighted by Crippen LogP contribution is 2.26. The van der Waals surface area contributed by atoms with Gasteiger partial charge in [-0.1, -0.05) is 30.4 Å². The van der Waals surface area contributed by atoms with E-state index in [9.17, 15) is 14.4 Å². The Kier molecular flexibility index (Phi) is 11.2. The molecule has 7 heteroatoms. The number of esters is 2. The number of allylic oxidation sites excluding steroid dienone is 2. The van der Waals surface area contributed by atoms with Crippen LogP contribution in [0.2, 0.25) is 0 Å². The SMILES string of the molecule is C=CCCC(=O)NC(COC(=O)C(CC=C)CC(=O)OC(C)(C)C)c1ccccc1OC. The number of para-hydroxylation sites is 1. The molecule has 2 atom stereocenters. The largest absolute Gasteiger partial charge is 0.496 e. The summed E-state index contributed by atoms with van der Waals surface area (Å²) in [5, 5.41) is 2.89. The van der Waals surface area contributed by atoms with Crippen molar-refractivity contribution in [3.05, 3.63) is 55.1 Å². The molecule has 1 aromatic carbocycles. The standard InChI is InChI=1S/C25H35NO6/c1-7-9-15-22(27)26-20(19-13-10-11-14-21(19)30-6)17-31-24(29)18(12-8-2)16-23(28)32-25(3,4)5/h7-8,10-11,13-14,18,20H,1-2,9,12,15-17H2,3-6H3,(H,26,27). The number of nitrogens with one attached hydrogen (secondary N) is 1. The van der Waals surface area contributed by atoms with Crippen molar-refractivity contribution in [2.45, 2.75) is 58.1 Å². The third-order valence-corrected chi connectivity index (χ3v) is 4.43. The molecule has 1 aromatic rings. The minimum absolute atomic E-state index is 0.110. The number of ether oxygens (including phenoxy) is 3. The van der Waals surface area contributed by atoms with Crippen LogP contribution in [-0.4, -0.2) is 37.2 Å². The van der Waals surface area contributed by atoms with E-state index in [1.54, 1.807) is 45.1 Å². The lowest BCUT2D eigenvalue weighted by atomic mass is 10.0. The molecule has 0 fully saturated rings. The number of carbonyl (C=O) groups excluding carboxylic acids is 3. The zero-order valence-electron chi connectivity index (χ0n) is 19.5. The summed E-state index contributed by atoms with van der Waals surface area (Å²) in [4.78, 5) is 37.3. The monoisotopic (exact) mass is 445 g/mol. The van der Waals surface area contributed by atoms with Crippen molar-refractivity contribution in [3.8, 4) is 5.75 Å². The summed E-state index contributed by atoms with van der Waals surface area (Å²) in [5.41, 5.74) is 0.0341. The first-order valence-electron chi connectivity index (χ1n) is 10.6. The van der Waals surface area contributed by atoms with Gasteiger partial charge in [0.25, 0.3) is 0 Å². The first-order chi connectivity index (χ1) is 15.1. The second-order valence-corrected chi connectivity index (χ2v) is 8.33. The summed E-state index contributed by atoms with van der Waals surface area (Å²) in [7, 11) is 1.53. The number of hydrogen-bond acceptors (Lipinski definition) is 6. The lowest BCUT2D eigenvalue weighted by Crippen LogP contribution is -2.33. The van der Waals surface area contributed by atoms with Crippen LogP contribution in [0.15, 0.2) is 49.6 Å². The highest BCUT2D eigenvalue weighted by molar-refractivity contribution is 5.80. The Labute approximate surface area is 190 Å². The molecular formula is C25H35NO6. The Morgan fingerprint density at radius 2 is 1.81 bits per heavy atom. The Hall–Kier alpha value is -3.09. The van der Waals surface area contributed by atoms with Crippen molar-refractivity contribution in [3.63, 3.8) is 0 Å². The molecule has 0 bridgehead atoms. The predicted molar refractivity (Wildman–Crippen MR) is 123 cm³/mol. The van der Waals surface area contributed by atoms with E-state index < -0.39 is 29.5 Å². The van der Waals surface area contributed by atoms with E-state index in [-0.39, 0.29) is 31.8 Å². The van der Waals surface area contributed by atoms with Crippen LogP contribution in [-0.2, 0) is 23.9 Å². The minimum atomic E-state index is -0.725. The maximum Gasteiger partial charge on any atom is 0.309 e. The van der Waals surface area contributed by atoms with Crippen LogP contribution in [0.3, 0.4) is 0 Å². The third-order valence-electron chi connectivity index (χ3n) is 4.43. The van der Waals surface area contributed by atoms with Crippen molar-refractivity contribution in [1.29, 1.82) is 0 Å². The fourth-order valence-corrected chi connectivity index (χ4v) is 2.99. The summed E-state index contributed by atoms with van der Waals surface area (Å²) >= 11 is 0. The fraction of sp³-hybridized carbons (Fsp3) is 0.480. The van der Waals surface area contributed by atoms with Crippen LogP contribution in [0.25, 0.3) is 0 Å². The molecule has 1 rings (SSSR count). The van der Waals surface area contributed by atoms with Gasteiger partial charge in [-0.15, -0.1) is 13.2 Å². The normalized spacial score (nSPS) is 12.8. The lowest BCUT2D eigenvalue weighted by Gasteiger charge is -2.23. The Bertz CT molecular complexity index is 796. The van der Waals surface area contributed by atoms with Crippen molar-refractivity contribution in [2.24, 2.45) is 5.92 Å². The van der Waals surface area contributed by atoms with Gasteiger partial charge in [-0.25, -0.2) is 0 Å². The maximum atomic E-state index is 12.7. The van der Waals surface area contributed by atoms with E-state index in [4.69, 9.17) is 14.2 Å². The smallest absolute Gasteiger partial charge is 0.309 e. The van der Waals surface area contributed by atoms with Crippen LogP contribution in [0.4, 0.5) is 0 Å². The van der Waals surface area contributed by atoms with E-state index in [1.807, 2.05) is 12.1 Å². The zero-order chi connectivity index (χ0) is 24.1. The molecule has 32 heavy (non-hydrogen) atoms. The Morgan fingerprint density at radius 1 is 1.12 bits per heavy atom. The molecule has 1 amide bonds. The second-order valence-electron chi connectivity index (χ2n) is 8.33. The van der Waals surface area contributed by atoms with Gasteiger partial charge in [-0.05, 0) is 39.7 Å². The topological polar surface area (TPSA) is 90.9 Å². The highest BCUT2D eigenvalue weighted by atomic mass is 16.6. The molecule has 0 saturated heterocycles. The zero-order valence-corrected chi connectivity index (χ0v) is 19.5. The third kappa shape index (κ3) is 9.81. The molecule has 1 N–H and O–H groups in total. The van der Waals surface area contributed by atoms with Crippen molar-refractivity contribution in [1.82, 2.24) is 5.32 Å². The maximum absolute atomic E-state index is 12.7. The highest BCUT2D eigenvalue weighted by Gasteiger charge is 2.27. The fourth-order valence-electron chi connectivity index (χ4n) is 2.99. The van der Waals surface area contributed by atoms with E-state index in [2.05, 4.69) is 18.5 Å². The molecule has 0 aliphatic heterocycles. The summed E-state index contributed by atoms with van der Waals surface area (Å²) in [6.45, 7) is 12.5. The second kappa shape index (κ2) is 13.3. The molecule has 0 heterocycles. The quantitative estimate of drug-likeness (QED) is 0.360. The van der Waals surface area contributed by atoms with E-state index in [0.29, 0.717) is 17.7 Å². The van der Waals surface area contributed by atoms with Gasteiger partial charge < -0.3 is 19.5 Å². The first-order valence-corrected chi connectivity index (χ1v) is 10.6. The van der Waals surface area contributed by atoms with Crippen molar-refractivity contribution < 1.29 is 28.6 Å². The van der Waals surface area contributed by atoms with E-state index >= 15 is 0 Å². The summed E-state index contributed by atoms with van der Waals surface area (Å²) in [5.74, 6) is -1.41. The molecule has 0 spiro atoms. The van der Waals surface area contributed by atoms with Gasteiger partial charge in [0.05, 0.1) is 25.5 Å². The van der Waals surface area contributed by atoms with Crippen LogP contribution in [0, 0.1) is 5.92 Å². The summed E-state index contributed by atoms with van der Waals surface area (Å²) in [6.07, 6.45) is 4.16. The molecule has 0 saturated carbocycles. The number of benzene rings is 1. The van der Waals surface area contributed by atoms with E-state index in [0.717, 1.165) is 0 Å². The van der Waals surface area contributed by atoms with Gasteiger partial charge in [0.2, 0.25) is 5.91 Å². The van der Waals surface area contributed by atoms with Crippen LogP contribution in [0.5, 0.6) is 5.75 Å². The summed E-state index contributed by atoms with van der Waals surface area (Å²) in [6, 6.07) is 6.58. The Morgan fingerprint density at radius 3 is 2.41 bits per heavy atom. The van der Waals surface area contributed by atoms with Crippen molar-refractivity contribution in [2.75, 3.05) is 13.7 Å². The lowest BCUT2D eigenvalue weighted by molar-refractivity contribution is -0.161. The van der Waals surface area contributed by atoms with Gasteiger partial charge >= 0.3 is 11.9 Å². The van der Waals surface area contributed by atoms with Crippen LogP contribution in [0.1, 0.15) is 58.1 Å². The average Bonchev–Trinajstić information content (AvgIpc) is 2.73. The van der Waals surface area contributed by atoms with Gasteiger partial charge in [0.15, 0.2) is 0 Å². The van der Waals surface area contributed by atoms with Crippen LogP contribution < -0.4 is 10.1 Å². The molecule has 0 aliphatic carbocycles. The number of rotatable bonds is 13. The molecule has 176 valence electrons. The summed E-state index contributed by atoms with van der Waals surface area (Å²) < 4.78 is 16.2. The molecule has 2 unspecified atom stereocenters. The molecular weight excluding hydrogens is 410 g/mol. The number of carbonyl (C=O) groups is 3. The number of methoxy groups -OCH3 is 1. The predicted octanol–water partition coefficient (Wildman–Crippen LogP) is 4.29. The number of amides is 1. The van der Waals surface area contributed by atoms with Gasteiger partial charge in [-0.3, -0.25) is 14.4 Å². The van der Waals surface area contributed by atoms with Crippen LogP contribution >= 0.6 is 0 Å². The van der Waals surface area contributed by atoms with Gasteiger partial charge in [0.1, 0.15) is 18.0 Å². The molecule has 7 nitrogen and oxygen atoms in total. The average molecular weight is 446 g/mol. The van der Waals surface area contributed by atoms with Crippen molar-refractivity contribution >= 4 is 17.8 Å². The Balaban J connectivity index is 2.94. The molecule has 0 radical (unpaired) electrons. The molecule has 0 aromatic heterocycles.